The molecule has 14 rings (SSSR count). The van der Waals surface area contributed by atoms with Crippen molar-refractivity contribution in [3.63, 3.8) is 0 Å². The molecule has 302 valence electrons. The molecule has 1 aliphatic carbocycles. The van der Waals surface area contributed by atoms with Crippen LogP contribution in [0.4, 0.5) is 0 Å². The first-order chi connectivity index (χ1) is 32.3. The zero-order chi connectivity index (χ0) is 42.6. The lowest BCUT2D eigenvalue weighted by Crippen LogP contribution is -2.29. The van der Waals surface area contributed by atoms with Crippen LogP contribution < -0.4 is 0 Å². The van der Waals surface area contributed by atoms with E-state index in [4.69, 9.17) is 0 Å². The zero-order valence-corrected chi connectivity index (χ0v) is 35.5. The van der Waals surface area contributed by atoms with Gasteiger partial charge in [-0.3, -0.25) is 0 Å². The van der Waals surface area contributed by atoms with Gasteiger partial charge >= 0.3 is 0 Å². The maximum absolute atomic E-state index is 2.56. The fraction of sp³-hybridized carbons (Fsp3) is 0.0159. The van der Waals surface area contributed by atoms with Crippen LogP contribution in [0.5, 0.6) is 0 Å². The second-order valence-corrected chi connectivity index (χ2v) is 17.6. The van der Waals surface area contributed by atoms with Crippen LogP contribution in [0.15, 0.2) is 243 Å². The van der Waals surface area contributed by atoms with E-state index in [2.05, 4.69) is 252 Å². The number of fused-ring (bicyclic) bond motifs is 12. The highest BCUT2D eigenvalue weighted by Crippen LogP contribution is 2.59. The summed E-state index contributed by atoms with van der Waals surface area (Å²) in [6.07, 6.45) is 0. The van der Waals surface area contributed by atoms with Crippen LogP contribution in [0, 0.1) is 0 Å². The van der Waals surface area contributed by atoms with E-state index in [1.165, 1.54) is 115 Å². The van der Waals surface area contributed by atoms with Crippen molar-refractivity contribution in [1.29, 1.82) is 0 Å². The van der Waals surface area contributed by atoms with Crippen molar-refractivity contribution in [2.24, 2.45) is 0 Å². The molecule has 65 heavy (non-hydrogen) atoms. The Morgan fingerprint density at radius 3 is 1.66 bits per heavy atom. The van der Waals surface area contributed by atoms with Gasteiger partial charge in [0.05, 0.1) is 33.2 Å². The van der Waals surface area contributed by atoms with Crippen LogP contribution in [-0.4, -0.2) is 9.13 Å². The van der Waals surface area contributed by atoms with Gasteiger partial charge in [0, 0.05) is 38.2 Å². The molecule has 0 fully saturated rings. The highest BCUT2D eigenvalue weighted by atomic mass is 15.0. The van der Waals surface area contributed by atoms with E-state index in [-0.39, 0.29) is 0 Å². The second kappa shape index (κ2) is 13.8. The molecule has 0 spiro atoms. The molecule has 0 saturated carbocycles. The molecule has 1 aliphatic rings. The topological polar surface area (TPSA) is 9.86 Å². The van der Waals surface area contributed by atoms with Crippen molar-refractivity contribution in [3.05, 3.63) is 265 Å². The molecule has 0 atom stereocenters. The summed E-state index contributed by atoms with van der Waals surface area (Å²) in [4.78, 5) is 0. The minimum absolute atomic E-state index is 0.566. The van der Waals surface area contributed by atoms with Gasteiger partial charge in [0.1, 0.15) is 0 Å². The van der Waals surface area contributed by atoms with Crippen molar-refractivity contribution < 1.29 is 0 Å². The first kappa shape index (κ1) is 36.1. The molecule has 0 radical (unpaired) electrons. The maximum Gasteiger partial charge on any atom is 0.0734 e. The Balaban J connectivity index is 1.07. The number of aromatic nitrogens is 2. The van der Waals surface area contributed by atoms with Gasteiger partial charge in [0.15, 0.2) is 0 Å². The third-order valence-corrected chi connectivity index (χ3v) is 14.3. The molecule has 2 heterocycles. The summed E-state index contributed by atoms with van der Waals surface area (Å²) in [7, 11) is 0. The Hall–Kier alpha value is -8.46. The zero-order valence-electron chi connectivity index (χ0n) is 35.5. The number of rotatable bonds is 5. The van der Waals surface area contributed by atoms with E-state index in [1.807, 2.05) is 0 Å². The van der Waals surface area contributed by atoms with Crippen molar-refractivity contribution in [3.8, 4) is 33.6 Å². The number of hydrogen-bond donors (Lipinski definition) is 0. The van der Waals surface area contributed by atoms with Gasteiger partial charge in [0.25, 0.3) is 0 Å². The molecule has 0 amide bonds. The van der Waals surface area contributed by atoms with Gasteiger partial charge in [-0.1, -0.05) is 194 Å². The Bertz CT molecular complexity index is 4010. The fourth-order valence-electron chi connectivity index (χ4n) is 11.6. The summed E-state index contributed by atoms with van der Waals surface area (Å²) in [5, 5.41) is 9.91. The van der Waals surface area contributed by atoms with Gasteiger partial charge in [-0.05, 0) is 104 Å². The van der Waals surface area contributed by atoms with Crippen LogP contribution in [-0.2, 0) is 5.41 Å². The lowest BCUT2D eigenvalue weighted by Gasteiger charge is -2.34. The van der Waals surface area contributed by atoms with Gasteiger partial charge in [-0.25, -0.2) is 0 Å². The van der Waals surface area contributed by atoms with E-state index in [0.29, 0.717) is 0 Å². The lowest BCUT2D eigenvalue weighted by atomic mass is 9.67. The Morgan fingerprint density at radius 2 is 0.892 bits per heavy atom. The maximum atomic E-state index is 2.56. The Kier molecular flexibility index (Phi) is 7.64. The van der Waals surface area contributed by atoms with E-state index < -0.39 is 5.41 Å². The SMILES string of the molecule is c1ccc(C2(c3ccccc3)c3ccccc3-c3ccc4c5cc(-c6ccc7c(c6)c6ccccc6n7-c6cccc7ccccc67)ccc5n(-c5ccc6ccccc6c5)c4c32)cc1. The number of hydrogen-bond acceptors (Lipinski definition) is 0. The summed E-state index contributed by atoms with van der Waals surface area (Å²) >= 11 is 0. The van der Waals surface area contributed by atoms with E-state index in [1.54, 1.807) is 0 Å². The van der Waals surface area contributed by atoms with Crippen LogP contribution in [0.2, 0.25) is 0 Å². The first-order valence-corrected chi connectivity index (χ1v) is 22.6. The molecule has 0 bridgehead atoms. The third-order valence-electron chi connectivity index (χ3n) is 14.3. The Morgan fingerprint density at radius 1 is 0.308 bits per heavy atom. The molecule has 0 N–H and O–H groups in total. The van der Waals surface area contributed by atoms with Crippen LogP contribution in [0.25, 0.3) is 98.8 Å². The van der Waals surface area contributed by atoms with Crippen LogP contribution in [0.3, 0.4) is 0 Å². The molecular weight excluding hydrogens is 785 g/mol. The first-order valence-electron chi connectivity index (χ1n) is 22.6. The minimum Gasteiger partial charge on any atom is -0.309 e. The molecule has 11 aromatic carbocycles. The molecule has 2 nitrogen and oxygen atoms in total. The van der Waals surface area contributed by atoms with Gasteiger partial charge in [-0.2, -0.15) is 0 Å². The number of nitrogens with zero attached hydrogens (tertiary/aromatic N) is 2. The second-order valence-electron chi connectivity index (χ2n) is 17.6. The average Bonchev–Trinajstić information content (AvgIpc) is 4.00. The van der Waals surface area contributed by atoms with Crippen molar-refractivity contribution in [1.82, 2.24) is 9.13 Å². The lowest BCUT2D eigenvalue weighted by molar-refractivity contribution is 0.772. The standard InChI is InChI=1S/C63H40N2/c1-3-20-46(21-4-1)63(47-22-5-2-6-23-47)56-27-13-11-25-50(56)52-34-35-53-55-40-45(31-36-59(55)64(62(53)61(52)63)48-33-30-41-16-7-8-18-43(41)38-48)44-32-37-60-54(39-44)51-26-12-14-28-58(51)65(60)57-29-15-19-42-17-9-10-24-49(42)57/h1-40H. The molecule has 0 aliphatic heterocycles. The van der Waals surface area contributed by atoms with Gasteiger partial charge in [0.2, 0.25) is 0 Å². The summed E-state index contributed by atoms with van der Waals surface area (Å²) in [6, 6.07) is 90.3. The molecule has 13 aromatic rings. The predicted molar refractivity (Wildman–Crippen MR) is 273 cm³/mol. The average molecular weight is 825 g/mol. The quantitative estimate of drug-likeness (QED) is 0.164. The van der Waals surface area contributed by atoms with Crippen molar-refractivity contribution in [2.45, 2.75) is 5.41 Å². The summed E-state index contributed by atoms with van der Waals surface area (Å²) in [6.45, 7) is 0. The Labute approximate surface area is 376 Å². The van der Waals surface area contributed by atoms with E-state index in [9.17, 15) is 0 Å². The predicted octanol–water partition coefficient (Wildman–Crippen LogP) is 16.2. The van der Waals surface area contributed by atoms with E-state index >= 15 is 0 Å². The normalized spacial score (nSPS) is 13.0. The molecule has 2 aromatic heterocycles. The summed E-state index contributed by atoms with van der Waals surface area (Å²) in [5.41, 5.74) is 16.7. The van der Waals surface area contributed by atoms with Gasteiger partial charge < -0.3 is 9.13 Å². The van der Waals surface area contributed by atoms with Crippen molar-refractivity contribution >= 4 is 65.2 Å². The van der Waals surface area contributed by atoms with Crippen LogP contribution >= 0.6 is 0 Å². The fourth-order valence-corrected chi connectivity index (χ4v) is 11.6. The van der Waals surface area contributed by atoms with Crippen LogP contribution in [0.1, 0.15) is 22.3 Å². The third kappa shape index (κ3) is 5.05. The summed E-state index contributed by atoms with van der Waals surface area (Å²) < 4.78 is 5.01. The molecule has 0 saturated heterocycles. The number of para-hydroxylation sites is 1. The minimum atomic E-state index is -0.566. The highest BCUT2D eigenvalue weighted by Gasteiger charge is 2.48. The molecule has 2 heteroatoms. The molecular formula is C63H40N2. The smallest absolute Gasteiger partial charge is 0.0734 e. The summed E-state index contributed by atoms with van der Waals surface area (Å²) in [5.74, 6) is 0. The highest BCUT2D eigenvalue weighted by molar-refractivity contribution is 6.16. The number of benzene rings is 11. The largest absolute Gasteiger partial charge is 0.309 e. The van der Waals surface area contributed by atoms with Crippen molar-refractivity contribution in [2.75, 3.05) is 0 Å². The molecule has 0 unspecified atom stereocenters. The van der Waals surface area contributed by atoms with E-state index in [0.717, 1.165) is 5.69 Å². The van der Waals surface area contributed by atoms with Gasteiger partial charge in [-0.15, -0.1) is 0 Å². The monoisotopic (exact) mass is 824 g/mol.